The Bertz CT molecular complexity index is 201. The van der Waals surface area contributed by atoms with E-state index >= 15 is 0 Å². The molecule has 1 saturated heterocycles. The Morgan fingerprint density at radius 2 is 1.88 bits per heavy atom. The standard InChI is InChI=1S/C14H27NO/c1-2-11-4-3-5-13(10-11)14(16)12-6-8-15-9-7-12/h11-16H,2-10H2,1H3. The minimum Gasteiger partial charge on any atom is -0.393 e. The van der Waals surface area contributed by atoms with Gasteiger partial charge >= 0.3 is 0 Å². The monoisotopic (exact) mass is 225 g/mol. The van der Waals surface area contributed by atoms with E-state index in [4.69, 9.17) is 0 Å². The lowest BCUT2D eigenvalue weighted by Crippen LogP contribution is -2.39. The molecule has 2 fully saturated rings. The predicted octanol–water partition coefficient (Wildman–Crippen LogP) is 2.56. The summed E-state index contributed by atoms with van der Waals surface area (Å²) in [5.74, 6) is 2.05. The van der Waals surface area contributed by atoms with Gasteiger partial charge in [-0.3, -0.25) is 0 Å². The fraction of sp³-hybridized carbons (Fsp3) is 1.00. The maximum Gasteiger partial charge on any atom is 0.0597 e. The first-order chi connectivity index (χ1) is 7.81. The number of piperidine rings is 1. The summed E-state index contributed by atoms with van der Waals surface area (Å²) in [6.45, 7) is 4.50. The zero-order valence-electron chi connectivity index (χ0n) is 10.6. The fourth-order valence-electron chi connectivity index (χ4n) is 3.58. The number of hydrogen-bond acceptors (Lipinski definition) is 2. The second-order valence-electron chi connectivity index (χ2n) is 5.78. The van der Waals surface area contributed by atoms with Gasteiger partial charge in [0.25, 0.3) is 0 Å². The highest BCUT2D eigenvalue weighted by Crippen LogP contribution is 2.36. The van der Waals surface area contributed by atoms with Crippen molar-refractivity contribution in [1.82, 2.24) is 5.32 Å². The molecule has 0 bridgehead atoms. The molecule has 2 aliphatic rings. The Kier molecular flexibility index (Phi) is 4.66. The van der Waals surface area contributed by atoms with Crippen LogP contribution in [0.4, 0.5) is 0 Å². The van der Waals surface area contributed by atoms with Crippen molar-refractivity contribution in [3.05, 3.63) is 0 Å². The molecule has 0 amide bonds. The molecule has 3 atom stereocenters. The molecule has 1 saturated carbocycles. The summed E-state index contributed by atoms with van der Waals surface area (Å²) in [6.07, 6.45) is 8.91. The molecule has 2 nitrogen and oxygen atoms in total. The minimum absolute atomic E-state index is 0.0172. The van der Waals surface area contributed by atoms with Crippen LogP contribution in [0, 0.1) is 17.8 Å². The Hall–Kier alpha value is -0.0800. The third-order valence-corrected chi connectivity index (χ3v) is 4.75. The number of hydrogen-bond donors (Lipinski definition) is 2. The van der Waals surface area contributed by atoms with Gasteiger partial charge in [-0.05, 0) is 56.5 Å². The van der Waals surface area contributed by atoms with Crippen molar-refractivity contribution in [3.8, 4) is 0 Å². The van der Waals surface area contributed by atoms with Gasteiger partial charge in [-0.1, -0.05) is 26.2 Å². The van der Waals surface area contributed by atoms with E-state index in [1.807, 2.05) is 0 Å². The van der Waals surface area contributed by atoms with E-state index in [9.17, 15) is 5.11 Å². The first-order valence-corrected chi connectivity index (χ1v) is 7.20. The van der Waals surface area contributed by atoms with Gasteiger partial charge in [0.05, 0.1) is 6.10 Å². The highest BCUT2D eigenvalue weighted by molar-refractivity contribution is 4.84. The van der Waals surface area contributed by atoms with Crippen LogP contribution in [-0.2, 0) is 0 Å². The first kappa shape index (κ1) is 12.4. The van der Waals surface area contributed by atoms with Crippen molar-refractivity contribution in [2.75, 3.05) is 13.1 Å². The van der Waals surface area contributed by atoms with Crippen LogP contribution in [0.15, 0.2) is 0 Å². The van der Waals surface area contributed by atoms with Crippen LogP contribution in [0.3, 0.4) is 0 Å². The van der Waals surface area contributed by atoms with Crippen molar-refractivity contribution >= 4 is 0 Å². The van der Waals surface area contributed by atoms with Gasteiger partial charge in [-0.25, -0.2) is 0 Å². The summed E-state index contributed by atoms with van der Waals surface area (Å²) in [5.41, 5.74) is 0. The molecule has 0 aromatic heterocycles. The molecule has 16 heavy (non-hydrogen) atoms. The lowest BCUT2D eigenvalue weighted by atomic mass is 9.73. The van der Waals surface area contributed by atoms with Gasteiger partial charge < -0.3 is 10.4 Å². The average Bonchev–Trinajstić information content (AvgIpc) is 2.39. The number of rotatable bonds is 3. The van der Waals surface area contributed by atoms with E-state index in [0.29, 0.717) is 11.8 Å². The summed E-state index contributed by atoms with van der Waals surface area (Å²) >= 11 is 0. The normalized spacial score (nSPS) is 34.9. The van der Waals surface area contributed by atoms with E-state index < -0.39 is 0 Å². The minimum atomic E-state index is -0.0172. The van der Waals surface area contributed by atoms with Crippen molar-refractivity contribution in [2.45, 2.75) is 58.0 Å². The lowest BCUT2D eigenvalue weighted by molar-refractivity contribution is 0.0110. The van der Waals surface area contributed by atoms with Gasteiger partial charge in [-0.2, -0.15) is 0 Å². The second-order valence-corrected chi connectivity index (χ2v) is 5.78. The molecular formula is C14H27NO. The lowest BCUT2D eigenvalue weighted by Gasteiger charge is -2.37. The zero-order valence-corrected chi connectivity index (χ0v) is 10.6. The van der Waals surface area contributed by atoms with E-state index in [2.05, 4.69) is 12.2 Å². The zero-order chi connectivity index (χ0) is 11.4. The molecule has 1 heterocycles. The van der Waals surface area contributed by atoms with Crippen molar-refractivity contribution in [2.24, 2.45) is 17.8 Å². The van der Waals surface area contributed by atoms with Crippen LogP contribution in [0.2, 0.25) is 0 Å². The SMILES string of the molecule is CCC1CCCC(C(O)C2CCNCC2)C1. The van der Waals surface area contributed by atoms with Crippen LogP contribution in [0.5, 0.6) is 0 Å². The van der Waals surface area contributed by atoms with Crippen molar-refractivity contribution < 1.29 is 5.11 Å². The Morgan fingerprint density at radius 1 is 1.12 bits per heavy atom. The maximum atomic E-state index is 10.5. The summed E-state index contributed by atoms with van der Waals surface area (Å²) in [4.78, 5) is 0. The summed E-state index contributed by atoms with van der Waals surface area (Å²) in [5, 5.41) is 13.9. The van der Waals surface area contributed by atoms with Crippen LogP contribution in [0.25, 0.3) is 0 Å². The highest BCUT2D eigenvalue weighted by atomic mass is 16.3. The summed E-state index contributed by atoms with van der Waals surface area (Å²) < 4.78 is 0. The third-order valence-electron chi connectivity index (χ3n) is 4.75. The van der Waals surface area contributed by atoms with Gasteiger partial charge in [0.1, 0.15) is 0 Å². The molecule has 1 aliphatic heterocycles. The largest absolute Gasteiger partial charge is 0.393 e. The molecule has 2 heteroatoms. The molecule has 0 aromatic rings. The van der Waals surface area contributed by atoms with E-state index in [-0.39, 0.29) is 6.10 Å². The summed E-state index contributed by atoms with van der Waals surface area (Å²) in [6, 6.07) is 0. The predicted molar refractivity (Wildman–Crippen MR) is 67.3 cm³/mol. The molecule has 2 rings (SSSR count). The molecule has 3 unspecified atom stereocenters. The number of nitrogens with one attached hydrogen (secondary N) is 1. The van der Waals surface area contributed by atoms with Gasteiger partial charge in [0, 0.05) is 0 Å². The number of aliphatic hydroxyl groups is 1. The topological polar surface area (TPSA) is 32.3 Å². The first-order valence-electron chi connectivity index (χ1n) is 7.20. The Labute approximate surface area is 99.8 Å². The van der Waals surface area contributed by atoms with Crippen LogP contribution in [0.1, 0.15) is 51.9 Å². The van der Waals surface area contributed by atoms with Gasteiger partial charge in [0.2, 0.25) is 0 Å². The van der Waals surface area contributed by atoms with E-state index in [0.717, 1.165) is 19.0 Å². The van der Waals surface area contributed by atoms with Gasteiger partial charge in [-0.15, -0.1) is 0 Å². The van der Waals surface area contributed by atoms with E-state index in [1.54, 1.807) is 0 Å². The summed E-state index contributed by atoms with van der Waals surface area (Å²) in [7, 11) is 0. The Balaban J connectivity index is 1.84. The highest BCUT2D eigenvalue weighted by Gasteiger charge is 2.32. The van der Waals surface area contributed by atoms with Gasteiger partial charge in [0.15, 0.2) is 0 Å². The maximum absolute atomic E-state index is 10.5. The van der Waals surface area contributed by atoms with Crippen LogP contribution in [-0.4, -0.2) is 24.3 Å². The van der Waals surface area contributed by atoms with Crippen molar-refractivity contribution in [1.29, 1.82) is 0 Å². The average molecular weight is 225 g/mol. The molecule has 0 spiro atoms. The third kappa shape index (κ3) is 2.98. The number of aliphatic hydroxyl groups excluding tert-OH is 1. The molecule has 1 aliphatic carbocycles. The molecule has 2 N–H and O–H groups in total. The molecule has 0 aromatic carbocycles. The van der Waals surface area contributed by atoms with Crippen molar-refractivity contribution in [3.63, 3.8) is 0 Å². The fourth-order valence-corrected chi connectivity index (χ4v) is 3.58. The Morgan fingerprint density at radius 3 is 2.56 bits per heavy atom. The molecule has 0 radical (unpaired) electrons. The smallest absolute Gasteiger partial charge is 0.0597 e. The van der Waals surface area contributed by atoms with E-state index in [1.165, 1.54) is 44.9 Å². The molecular weight excluding hydrogens is 198 g/mol. The molecule has 94 valence electrons. The second kappa shape index (κ2) is 6.02. The van der Waals surface area contributed by atoms with Crippen LogP contribution < -0.4 is 5.32 Å². The van der Waals surface area contributed by atoms with Crippen LogP contribution >= 0.6 is 0 Å². The quantitative estimate of drug-likeness (QED) is 0.773.